The van der Waals surface area contributed by atoms with Crippen LogP contribution in [0.1, 0.15) is 46.7 Å². The highest BCUT2D eigenvalue weighted by molar-refractivity contribution is 7.89. The van der Waals surface area contributed by atoms with Crippen LogP contribution in [0.3, 0.4) is 0 Å². The minimum atomic E-state index is -3.74. The second kappa shape index (κ2) is 11.8. The zero-order valence-electron chi connectivity index (χ0n) is 18.3. The minimum Gasteiger partial charge on any atom is -0.391 e. The summed E-state index contributed by atoms with van der Waals surface area (Å²) in [5.41, 5.74) is 6.78. The Morgan fingerprint density at radius 2 is 1.74 bits per heavy atom. The van der Waals surface area contributed by atoms with E-state index in [4.69, 9.17) is 11.1 Å². The van der Waals surface area contributed by atoms with Gasteiger partial charge >= 0.3 is 0 Å². The van der Waals surface area contributed by atoms with Crippen LogP contribution in [0.25, 0.3) is 0 Å². The summed E-state index contributed by atoms with van der Waals surface area (Å²) in [6.07, 6.45) is -0.961. The first kappa shape index (κ1) is 26.5. The number of carbonyl (C=O) groups is 2. The van der Waals surface area contributed by atoms with Gasteiger partial charge in [0.15, 0.2) is 0 Å². The molecule has 2 amide bonds. The molecule has 1 aromatic carbocycles. The molecule has 0 aliphatic carbocycles. The molecule has 0 fully saturated rings. The molecule has 0 saturated heterocycles. The minimum absolute atomic E-state index is 0. The molecule has 10 nitrogen and oxygen atoms in total. The molecule has 0 aromatic heterocycles. The fourth-order valence-corrected chi connectivity index (χ4v) is 3.58. The molecule has 31 heavy (non-hydrogen) atoms. The number of benzene rings is 1. The highest BCUT2D eigenvalue weighted by Crippen LogP contribution is 2.08. The highest BCUT2D eigenvalue weighted by atomic mass is 32.2. The van der Waals surface area contributed by atoms with E-state index in [2.05, 4.69) is 15.4 Å². The second-order valence-electron chi connectivity index (χ2n) is 7.76. The molecule has 176 valence electrons. The topological polar surface area (TPSA) is 174 Å². The van der Waals surface area contributed by atoms with E-state index >= 15 is 0 Å². The van der Waals surface area contributed by atoms with Crippen LogP contribution >= 0.6 is 0 Å². The standard InChI is InChI=1S/C20H33N5O5S.H2/c1-5-31(29,30)25-17(13(4)26)20(28)24-16(10-12(2)3)19(27)23-11-14-6-8-15(9-7-14)18(21)22;/h6-9,12-13,16-17,25-26H,5,10-11H2,1-4H3,(H3,21,22)(H,23,27)(H,24,28);1H/t13?,16-,17+;/m0./s1. The lowest BCUT2D eigenvalue weighted by molar-refractivity contribution is -0.131. The van der Waals surface area contributed by atoms with Gasteiger partial charge in [0.2, 0.25) is 21.8 Å². The molecule has 11 heteroatoms. The van der Waals surface area contributed by atoms with Gasteiger partial charge in [0.25, 0.3) is 0 Å². The Bertz CT molecular complexity index is 875. The van der Waals surface area contributed by atoms with Crippen molar-refractivity contribution in [2.24, 2.45) is 11.7 Å². The first-order valence-electron chi connectivity index (χ1n) is 10.1. The number of nitrogen functional groups attached to an aromatic ring is 1. The first-order valence-corrected chi connectivity index (χ1v) is 11.7. The third-order valence-electron chi connectivity index (χ3n) is 4.52. The normalized spacial score (nSPS) is 14.5. The molecule has 0 radical (unpaired) electrons. The van der Waals surface area contributed by atoms with E-state index < -0.39 is 40.0 Å². The molecule has 7 N–H and O–H groups in total. The van der Waals surface area contributed by atoms with Gasteiger partial charge in [-0.1, -0.05) is 38.1 Å². The molecule has 0 heterocycles. The summed E-state index contributed by atoms with van der Waals surface area (Å²) in [4.78, 5) is 25.4. The predicted molar refractivity (Wildman–Crippen MR) is 121 cm³/mol. The molecule has 1 unspecified atom stereocenters. The fraction of sp³-hybridized carbons (Fsp3) is 0.550. The fourth-order valence-electron chi connectivity index (χ4n) is 2.73. The third-order valence-corrected chi connectivity index (χ3v) is 5.90. The Kier molecular flexibility index (Phi) is 10.1. The largest absolute Gasteiger partial charge is 0.391 e. The quantitative estimate of drug-likeness (QED) is 0.191. The molecule has 0 aliphatic rings. The molecule has 1 rings (SSSR count). The van der Waals surface area contributed by atoms with Crippen molar-refractivity contribution in [2.45, 2.75) is 58.8 Å². The zero-order chi connectivity index (χ0) is 23.8. The summed E-state index contributed by atoms with van der Waals surface area (Å²) in [5, 5.41) is 22.6. The SMILES string of the molecule is CCS(=O)(=O)N[C@@H](C(=O)N[C@@H](CC(C)C)C(=O)NCc1ccc(C(=N)N)cc1)C(C)O.[HH]. The van der Waals surface area contributed by atoms with Crippen molar-refractivity contribution in [3.63, 3.8) is 0 Å². The lowest BCUT2D eigenvalue weighted by Gasteiger charge is -2.25. The monoisotopic (exact) mass is 457 g/mol. The molecular formula is C20H35N5O5S. The van der Waals surface area contributed by atoms with Gasteiger partial charge in [-0.15, -0.1) is 0 Å². The van der Waals surface area contributed by atoms with Crippen LogP contribution in [-0.4, -0.2) is 55.1 Å². The van der Waals surface area contributed by atoms with Gasteiger partial charge in [-0.3, -0.25) is 15.0 Å². The van der Waals surface area contributed by atoms with Crippen LogP contribution in [0.2, 0.25) is 0 Å². The number of aliphatic hydroxyl groups excluding tert-OH is 1. The first-order chi connectivity index (χ1) is 14.4. The molecule has 0 saturated carbocycles. The van der Waals surface area contributed by atoms with Crippen molar-refractivity contribution in [1.82, 2.24) is 15.4 Å². The van der Waals surface area contributed by atoms with E-state index in [-0.39, 0.29) is 25.5 Å². The van der Waals surface area contributed by atoms with Crippen LogP contribution in [0, 0.1) is 11.3 Å². The zero-order valence-corrected chi connectivity index (χ0v) is 19.1. The van der Waals surface area contributed by atoms with Crippen LogP contribution < -0.4 is 21.1 Å². The maximum atomic E-state index is 12.7. The highest BCUT2D eigenvalue weighted by Gasteiger charge is 2.31. The van der Waals surface area contributed by atoms with Crippen LogP contribution in [0.15, 0.2) is 24.3 Å². The van der Waals surface area contributed by atoms with E-state index in [1.165, 1.54) is 13.8 Å². The number of nitrogens with one attached hydrogen (secondary N) is 4. The Balaban J connectivity index is 0.00000961. The Hall–Kier alpha value is -2.50. The van der Waals surface area contributed by atoms with Crippen molar-refractivity contribution in [3.8, 4) is 0 Å². The van der Waals surface area contributed by atoms with Gasteiger partial charge in [-0.2, -0.15) is 0 Å². The van der Waals surface area contributed by atoms with Crippen LogP contribution in [0.4, 0.5) is 0 Å². The van der Waals surface area contributed by atoms with Crippen molar-refractivity contribution in [2.75, 3.05) is 5.75 Å². The van der Waals surface area contributed by atoms with Crippen LogP contribution in [0.5, 0.6) is 0 Å². The summed E-state index contributed by atoms with van der Waals surface area (Å²) in [5.74, 6) is -1.44. The number of hydrogen-bond acceptors (Lipinski definition) is 6. The van der Waals surface area contributed by atoms with Crippen molar-refractivity contribution < 1.29 is 24.5 Å². The molecule has 0 spiro atoms. The second-order valence-corrected chi connectivity index (χ2v) is 9.80. The van der Waals surface area contributed by atoms with Gasteiger partial charge in [-0.25, -0.2) is 13.1 Å². The number of amidine groups is 1. The van der Waals surface area contributed by atoms with E-state index in [1.54, 1.807) is 24.3 Å². The number of nitrogens with two attached hydrogens (primary N) is 1. The Morgan fingerprint density at radius 1 is 1.16 bits per heavy atom. The van der Waals surface area contributed by atoms with Gasteiger partial charge in [-0.05, 0) is 31.7 Å². The Morgan fingerprint density at radius 3 is 2.19 bits per heavy atom. The summed E-state index contributed by atoms with van der Waals surface area (Å²) < 4.78 is 25.8. The summed E-state index contributed by atoms with van der Waals surface area (Å²) in [6.45, 7) is 6.68. The Labute approximate surface area is 185 Å². The summed E-state index contributed by atoms with van der Waals surface area (Å²) in [7, 11) is -3.74. The average Bonchev–Trinajstić information content (AvgIpc) is 2.69. The summed E-state index contributed by atoms with van der Waals surface area (Å²) >= 11 is 0. The van der Waals surface area contributed by atoms with E-state index in [0.717, 1.165) is 5.56 Å². The third kappa shape index (κ3) is 9.03. The maximum Gasteiger partial charge on any atom is 0.242 e. The summed E-state index contributed by atoms with van der Waals surface area (Å²) in [6, 6.07) is 4.49. The van der Waals surface area contributed by atoms with E-state index in [9.17, 15) is 23.1 Å². The number of rotatable bonds is 12. The number of carbonyl (C=O) groups excluding carboxylic acids is 2. The van der Waals surface area contributed by atoms with Gasteiger partial charge in [0.05, 0.1) is 11.9 Å². The van der Waals surface area contributed by atoms with Crippen molar-refractivity contribution in [1.29, 1.82) is 5.41 Å². The number of amides is 2. The van der Waals surface area contributed by atoms with E-state index in [0.29, 0.717) is 12.0 Å². The predicted octanol–water partition coefficient (Wildman–Crippen LogP) is 0.0525. The van der Waals surface area contributed by atoms with Gasteiger partial charge in [0.1, 0.15) is 17.9 Å². The maximum absolute atomic E-state index is 12.7. The van der Waals surface area contributed by atoms with Gasteiger partial charge in [0, 0.05) is 13.5 Å². The number of hydrogen-bond donors (Lipinski definition) is 6. The molecule has 0 bridgehead atoms. The number of sulfonamides is 1. The van der Waals surface area contributed by atoms with Crippen molar-refractivity contribution in [3.05, 3.63) is 35.4 Å². The smallest absolute Gasteiger partial charge is 0.242 e. The van der Waals surface area contributed by atoms with E-state index in [1.807, 2.05) is 13.8 Å². The molecule has 1 aromatic rings. The lowest BCUT2D eigenvalue weighted by atomic mass is 10.0. The lowest BCUT2D eigenvalue weighted by Crippen LogP contribution is -2.57. The van der Waals surface area contributed by atoms with Crippen LogP contribution in [-0.2, 0) is 26.2 Å². The average molecular weight is 458 g/mol. The molecular weight excluding hydrogens is 422 g/mol. The molecule has 0 aliphatic heterocycles. The molecule has 3 atom stereocenters. The van der Waals surface area contributed by atoms with Crippen molar-refractivity contribution >= 4 is 27.7 Å². The van der Waals surface area contributed by atoms with Gasteiger partial charge < -0.3 is 21.5 Å². The number of aliphatic hydroxyl groups is 1.